The Balaban J connectivity index is 2.05. The van der Waals surface area contributed by atoms with Crippen LogP contribution in [0.15, 0.2) is 54.6 Å². The van der Waals surface area contributed by atoms with Crippen LogP contribution < -0.4 is 5.73 Å². The zero-order valence-electron chi connectivity index (χ0n) is 15.7. The Bertz CT molecular complexity index is 1200. The van der Waals surface area contributed by atoms with E-state index in [1.807, 2.05) is 24.3 Å². The van der Waals surface area contributed by atoms with Crippen molar-refractivity contribution in [2.75, 3.05) is 0 Å². The number of benzene rings is 3. The highest BCUT2D eigenvalue weighted by molar-refractivity contribution is 6.34. The minimum atomic E-state index is -0.427. The van der Waals surface area contributed by atoms with Gasteiger partial charge in [0.25, 0.3) is 0 Å². The van der Waals surface area contributed by atoms with Crippen molar-refractivity contribution >= 4 is 50.9 Å². The van der Waals surface area contributed by atoms with Gasteiger partial charge in [-0.3, -0.25) is 4.79 Å². The minimum Gasteiger partial charge on any atom is -0.366 e. The summed E-state index contributed by atoms with van der Waals surface area (Å²) in [5.41, 5.74) is 10.5. The van der Waals surface area contributed by atoms with E-state index in [4.69, 9.17) is 28.9 Å². The largest absolute Gasteiger partial charge is 0.366 e. The molecule has 3 aromatic carbocycles. The molecule has 0 unspecified atom stereocenters. The van der Waals surface area contributed by atoms with E-state index in [1.165, 1.54) is 5.56 Å². The molecule has 3 nitrogen and oxygen atoms in total. The number of hydrogen-bond acceptors (Lipinski definition) is 1. The van der Waals surface area contributed by atoms with Gasteiger partial charge >= 0.3 is 0 Å². The molecule has 0 spiro atoms. The zero-order chi connectivity index (χ0) is 20.0. The van der Waals surface area contributed by atoms with Gasteiger partial charge in [-0.25, -0.2) is 0 Å². The van der Waals surface area contributed by atoms with Gasteiger partial charge in [0.15, 0.2) is 0 Å². The molecule has 1 heterocycles. The number of nitrogens with two attached hydrogens (primary N) is 1. The minimum absolute atomic E-state index is 0.395. The smallest absolute Gasteiger partial charge is 0.249 e. The van der Waals surface area contributed by atoms with Crippen LogP contribution in [-0.4, -0.2) is 10.5 Å². The molecule has 0 saturated carbocycles. The van der Waals surface area contributed by atoms with Crippen LogP contribution in [0.1, 0.15) is 41.3 Å². The maximum Gasteiger partial charge on any atom is 0.249 e. The molecule has 0 bridgehead atoms. The Labute approximate surface area is 173 Å². The Morgan fingerprint density at radius 1 is 1.00 bits per heavy atom. The molecule has 0 radical (unpaired) electrons. The maximum absolute atomic E-state index is 12.1. The summed E-state index contributed by atoms with van der Waals surface area (Å²) < 4.78 is 2.20. The summed E-state index contributed by atoms with van der Waals surface area (Å²) in [6, 6.07) is 17.6. The predicted molar refractivity (Wildman–Crippen MR) is 118 cm³/mol. The van der Waals surface area contributed by atoms with Gasteiger partial charge in [-0.15, -0.1) is 0 Å². The molecule has 0 aliphatic carbocycles. The SMILES string of the molecule is CC(C)c1ccc2c3c(C(N)=O)cccc3n(Cc3cc(Cl)cc(Cl)c3)c2c1. The van der Waals surface area contributed by atoms with Crippen LogP contribution in [0.3, 0.4) is 0 Å². The van der Waals surface area contributed by atoms with Crippen molar-refractivity contribution in [2.45, 2.75) is 26.3 Å². The number of amides is 1. The van der Waals surface area contributed by atoms with Crippen molar-refractivity contribution in [1.82, 2.24) is 4.57 Å². The van der Waals surface area contributed by atoms with Crippen LogP contribution in [0.4, 0.5) is 0 Å². The van der Waals surface area contributed by atoms with Gasteiger partial charge in [-0.05, 0) is 53.4 Å². The first-order valence-electron chi connectivity index (χ1n) is 9.15. The number of primary amides is 1. The number of hydrogen-bond donors (Lipinski definition) is 1. The monoisotopic (exact) mass is 410 g/mol. The standard InChI is InChI=1S/C23H20Cl2N2O/c1-13(2)15-6-7-18-21(10-15)27(12-14-8-16(24)11-17(25)9-14)20-5-3-4-19(22(18)20)23(26)28/h3-11,13H,12H2,1-2H3,(H2,26,28). The van der Waals surface area contributed by atoms with Crippen molar-refractivity contribution in [3.63, 3.8) is 0 Å². The fourth-order valence-electron chi connectivity index (χ4n) is 3.78. The second kappa shape index (κ2) is 7.16. The average molecular weight is 411 g/mol. The fraction of sp³-hybridized carbons (Fsp3) is 0.174. The number of nitrogens with zero attached hydrogens (tertiary/aromatic N) is 1. The van der Waals surface area contributed by atoms with Crippen LogP contribution >= 0.6 is 23.2 Å². The Morgan fingerprint density at radius 2 is 1.71 bits per heavy atom. The van der Waals surface area contributed by atoms with Crippen molar-refractivity contribution in [3.8, 4) is 0 Å². The molecule has 0 atom stereocenters. The van der Waals surface area contributed by atoms with Gasteiger partial charge in [0.1, 0.15) is 0 Å². The van der Waals surface area contributed by atoms with Gasteiger partial charge < -0.3 is 10.3 Å². The summed E-state index contributed by atoms with van der Waals surface area (Å²) >= 11 is 12.4. The fourth-order valence-corrected chi connectivity index (χ4v) is 4.35. The molecule has 4 rings (SSSR count). The van der Waals surface area contributed by atoms with Crippen LogP contribution in [0.2, 0.25) is 10.0 Å². The highest BCUT2D eigenvalue weighted by Gasteiger charge is 2.17. The first kappa shape index (κ1) is 18.9. The lowest BCUT2D eigenvalue weighted by molar-refractivity contribution is 0.100. The number of aromatic nitrogens is 1. The number of fused-ring (bicyclic) bond motifs is 3. The van der Waals surface area contributed by atoms with Crippen LogP contribution in [0.25, 0.3) is 21.8 Å². The Hall–Kier alpha value is -2.49. The second-order valence-electron chi connectivity index (χ2n) is 7.36. The van der Waals surface area contributed by atoms with E-state index < -0.39 is 5.91 Å². The molecule has 28 heavy (non-hydrogen) atoms. The average Bonchev–Trinajstić information content (AvgIpc) is 2.94. The lowest BCUT2D eigenvalue weighted by Gasteiger charge is -2.11. The molecular weight excluding hydrogens is 391 g/mol. The van der Waals surface area contributed by atoms with Crippen molar-refractivity contribution in [2.24, 2.45) is 5.73 Å². The Kier molecular flexibility index (Phi) is 4.82. The molecule has 0 aliphatic rings. The van der Waals surface area contributed by atoms with Gasteiger partial charge in [-0.2, -0.15) is 0 Å². The van der Waals surface area contributed by atoms with E-state index in [0.29, 0.717) is 28.1 Å². The first-order valence-corrected chi connectivity index (χ1v) is 9.90. The summed E-state index contributed by atoms with van der Waals surface area (Å²) in [6.45, 7) is 4.92. The summed E-state index contributed by atoms with van der Waals surface area (Å²) in [7, 11) is 0. The van der Waals surface area contributed by atoms with Crippen LogP contribution in [0, 0.1) is 0 Å². The van der Waals surface area contributed by atoms with Gasteiger partial charge in [-0.1, -0.05) is 55.2 Å². The van der Waals surface area contributed by atoms with Crippen LogP contribution in [0.5, 0.6) is 0 Å². The predicted octanol–water partition coefficient (Wildman–Crippen LogP) is 6.37. The summed E-state index contributed by atoms with van der Waals surface area (Å²) in [6.07, 6.45) is 0. The Morgan fingerprint density at radius 3 is 2.36 bits per heavy atom. The molecule has 1 aromatic heterocycles. The third-order valence-corrected chi connectivity index (χ3v) is 5.55. The maximum atomic E-state index is 12.1. The summed E-state index contributed by atoms with van der Waals surface area (Å²) in [5, 5.41) is 3.10. The third-order valence-electron chi connectivity index (χ3n) is 5.11. The molecular formula is C23H20Cl2N2O. The van der Waals surface area contributed by atoms with Crippen molar-refractivity contribution in [1.29, 1.82) is 0 Å². The normalized spacial score (nSPS) is 11.6. The molecule has 5 heteroatoms. The summed E-state index contributed by atoms with van der Waals surface area (Å²) in [4.78, 5) is 12.1. The third kappa shape index (κ3) is 3.25. The van der Waals surface area contributed by atoms with Gasteiger partial charge in [0.2, 0.25) is 5.91 Å². The number of rotatable bonds is 4. The van der Waals surface area contributed by atoms with Crippen LogP contribution in [-0.2, 0) is 6.54 Å². The summed E-state index contributed by atoms with van der Waals surface area (Å²) in [5.74, 6) is -0.0320. The lowest BCUT2D eigenvalue weighted by Crippen LogP contribution is -2.11. The number of halogens is 2. The first-order chi connectivity index (χ1) is 13.3. The molecule has 0 aliphatic heterocycles. The van der Waals surface area contributed by atoms with Gasteiger partial charge in [0.05, 0.1) is 5.52 Å². The number of carbonyl (C=O) groups is 1. The highest BCUT2D eigenvalue weighted by Crippen LogP contribution is 2.34. The number of carbonyl (C=O) groups excluding carboxylic acids is 1. The van der Waals surface area contributed by atoms with Crippen molar-refractivity contribution < 1.29 is 4.79 Å². The second-order valence-corrected chi connectivity index (χ2v) is 8.23. The van der Waals surface area contributed by atoms with E-state index in [9.17, 15) is 4.79 Å². The van der Waals surface area contributed by atoms with E-state index in [2.05, 4.69) is 36.6 Å². The molecule has 0 saturated heterocycles. The van der Waals surface area contributed by atoms with E-state index >= 15 is 0 Å². The van der Waals surface area contributed by atoms with Gasteiger partial charge in [0, 0.05) is 38.4 Å². The molecule has 0 fully saturated rings. The quantitative estimate of drug-likeness (QED) is 0.417. The zero-order valence-corrected chi connectivity index (χ0v) is 17.2. The molecule has 142 valence electrons. The molecule has 4 aromatic rings. The highest BCUT2D eigenvalue weighted by atomic mass is 35.5. The molecule has 2 N–H and O–H groups in total. The lowest BCUT2D eigenvalue weighted by atomic mass is 10.00. The van der Waals surface area contributed by atoms with E-state index in [-0.39, 0.29) is 0 Å². The van der Waals surface area contributed by atoms with E-state index in [1.54, 1.807) is 12.1 Å². The molecule has 1 amide bonds. The van der Waals surface area contributed by atoms with E-state index in [0.717, 1.165) is 27.4 Å². The van der Waals surface area contributed by atoms with Crippen molar-refractivity contribution in [3.05, 3.63) is 81.3 Å². The topological polar surface area (TPSA) is 48.0 Å².